The van der Waals surface area contributed by atoms with Crippen molar-refractivity contribution in [2.75, 3.05) is 16.9 Å². The van der Waals surface area contributed by atoms with E-state index in [0.29, 0.717) is 33.2 Å². The van der Waals surface area contributed by atoms with Crippen molar-refractivity contribution in [1.82, 2.24) is 14.9 Å². The van der Waals surface area contributed by atoms with Gasteiger partial charge in [0.1, 0.15) is 11.6 Å². The predicted octanol–water partition coefficient (Wildman–Crippen LogP) is 3.48. The minimum Gasteiger partial charge on any atom is -0.455 e. The lowest BCUT2D eigenvalue weighted by Crippen LogP contribution is -2.16. The molecule has 0 aliphatic carbocycles. The van der Waals surface area contributed by atoms with Gasteiger partial charge < -0.3 is 15.9 Å². The van der Waals surface area contributed by atoms with Gasteiger partial charge in [-0.2, -0.15) is 0 Å². The maximum Gasteiger partial charge on any atom is 0.234 e. The molecule has 9 heteroatoms. The van der Waals surface area contributed by atoms with Crippen molar-refractivity contribution >= 4 is 35.0 Å². The van der Waals surface area contributed by atoms with Crippen LogP contribution in [0.5, 0.6) is 11.5 Å². The minimum atomic E-state index is -0.240. The number of hydrogen-bond donors (Lipinski definition) is 2. The van der Waals surface area contributed by atoms with Crippen LogP contribution >= 0.6 is 23.4 Å². The molecule has 7 nitrogen and oxygen atoms in total. The fourth-order valence-corrected chi connectivity index (χ4v) is 2.94. The lowest BCUT2D eigenvalue weighted by Gasteiger charge is -2.12. The molecule has 0 aliphatic heterocycles. The monoisotopic (exact) mass is 389 g/mol. The van der Waals surface area contributed by atoms with Gasteiger partial charge in [0, 0.05) is 5.02 Å². The Hall–Kier alpha value is -2.71. The summed E-state index contributed by atoms with van der Waals surface area (Å²) >= 11 is 7.24. The van der Waals surface area contributed by atoms with Crippen molar-refractivity contribution < 1.29 is 9.53 Å². The van der Waals surface area contributed by atoms with Crippen LogP contribution in [0.2, 0.25) is 5.02 Å². The standard InChI is InChI=1S/C17H16ClN5O2S/c1-11-21-22-17(23(11)19)26-10-16(24)20-14-9-12(18)7-8-15(14)25-13-5-3-2-4-6-13/h2-9H,10,19H2,1H3,(H,20,24). The first-order valence-corrected chi connectivity index (χ1v) is 9.01. The van der Waals surface area contributed by atoms with Crippen molar-refractivity contribution in [1.29, 1.82) is 0 Å². The largest absolute Gasteiger partial charge is 0.455 e. The Bertz CT molecular complexity index is 917. The van der Waals surface area contributed by atoms with Gasteiger partial charge in [0.2, 0.25) is 11.1 Å². The van der Waals surface area contributed by atoms with Crippen molar-refractivity contribution in [3.05, 3.63) is 59.4 Å². The Morgan fingerprint density at radius 2 is 2.04 bits per heavy atom. The van der Waals surface area contributed by atoms with Crippen molar-refractivity contribution in [3.8, 4) is 11.5 Å². The van der Waals surface area contributed by atoms with Gasteiger partial charge in [-0.1, -0.05) is 41.6 Å². The zero-order valence-corrected chi connectivity index (χ0v) is 15.4. The van der Waals surface area contributed by atoms with Gasteiger partial charge in [0.25, 0.3) is 0 Å². The first-order valence-electron chi connectivity index (χ1n) is 7.65. The van der Waals surface area contributed by atoms with Crippen molar-refractivity contribution in [3.63, 3.8) is 0 Å². The molecule has 0 unspecified atom stereocenters. The number of benzene rings is 2. The van der Waals surface area contributed by atoms with Crippen LogP contribution in [0.4, 0.5) is 5.69 Å². The van der Waals surface area contributed by atoms with Crippen LogP contribution in [0.15, 0.2) is 53.7 Å². The van der Waals surface area contributed by atoms with Crippen molar-refractivity contribution in [2.45, 2.75) is 12.1 Å². The summed E-state index contributed by atoms with van der Waals surface area (Å²) in [5.74, 6) is 7.38. The van der Waals surface area contributed by atoms with Gasteiger partial charge in [0.05, 0.1) is 11.4 Å². The Morgan fingerprint density at radius 1 is 1.27 bits per heavy atom. The molecule has 0 aliphatic rings. The number of carbonyl (C=O) groups is 1. The average molecular weight is 390 g/mol. The summed E-state index contributed by atoms with van der Waals surface area (Å²) in [6, 6.07) is 14.3. The summed E-state index contributed by atoms with van der Waals surface area (Å²) in [6.45, 7) is 1.73. The molecule has 134 valence electrons. The summed E-state index contributed by atoms with van der Waals surface area (Å²) in [7, 11) is 0. The molecule has 0 atom stereocenters. The van der Waals surface area contributed by atoms with Crippen LogP contribution in [0, 0.1) is 6.92 Å². The summed E-state index contributed by atoms with van der Waals surface area (Å²) in [6.07, 6.45) is 0. The maximum absolute atomic E-state index is 12.3. The molecule has 1 heterocycles. The second-order valence-electron chi connectivity index (χ2n) is 5.29. The summed E-state index contributed by atoms with van der Waals surface area (Å²) in [5, 5.41) is 11.5. The number of nitrogens with one attached hydrogen (secondary N) is 1. The van der Waals surface area contributed by atoms with E-state index in [1.165, 1.54) is 16.4 Å². The third-order valence-electron chi connectivity index (χ3n) is 3.35. The first-order chi connectivity index (χ1) is 12.5. The van der Waals surface area contributed by atoms with Gasteiger partial charge in [0.15, 0.2) is 5.75 Å². The van der Waals surface area contributed by atoms with Gasteiger partial charge in [-0.15, -0.1) is 10.2 Å². The number of aryl methyl sites for hydroxylation is 1. The third-order valence-corrected chi connectivity index (χ3v) is 4.53. The number of anilines is 1. The van der Waals surface area contributed by atoms with E-state index in [-0.39, 0.29) is 11.7 Å². The zero-order valence-electron chi connectivity index (χ0n) is 13.8. The van der Waals surface area contributed by atoms with E-state index in [1.807, 2.05) is 30.3 Å². The fourth-order valence-electron chi connectivity index (χ4n) is 2.07. The second-order valence-corrected chi connectivity index (χ2v) is 6.67. The minimum absolute atomic E-state index is 0.118. The predicted molar refractivity (Wildman–Crippen MR) is 102 cm³/mol. The number of amides is 1. The molecule has 1 aromatic heterocycles. The topological polar surface area (TPSA) is 95.1 Å². The highest BCUT2D eigenvalue weighted by molar-refractivity contribution is 7.99. The molecule has 0 radical (unpaired) electrons. The normalized spacial score (nSPS) is 10.5. The number of para-hydroxylation sites is 1. The highest BCUT2D eigenvalue weighted by Crippen LogP contribution is 2.32. The molecule has 0 saturated carbocycles. The number of aromatic nitrogens is 3. The zero-order chi connectivity index (χ0) is 18.5. The number of nitrogens with two attached hydrogens (primary N) is 1. The van der Waals surface area contributed by atoms with E-state index in [0.717, 1.165) is 0 Å². The summed E-state index contributed by atoms with van der Waals surface area (Å²) < 4.78 is 7.16. The summed E-state index contributed by atoms with van der Waals surface area (Å²) in [4.78, 5) is 12.3. The van der Waals surface area contributed by atoms with Gasteiger partial charge >= 0.3 is 0 Å². The van der Waals surface area contributed by atoms with Gasteiger partial charge in [-0.25, -0.2) is 4.68 Å². The Kier molecular flexibility index (Phi) is 5.65. The summed E-state index contributed by atoms with van der Waals surface area (Å²) in [5.41, 5.74) is 0.484. The smallest absolute Gasteiger partial charge is 0.234 e. The Balaban J connectivity index is 1.69. The lowest BCUT2D eigenvalue weighted by molar-refractivity contribution is -0.113. The molecule has 0 fully saturated rings. The van der Waals surface area contributed by atoms with E-state index < -0.39 is 0 Å². The van der Waals surface area contributed by atoms with Crippen LogP contribution in [0.3, 0.4) is 0 Å². The molecule has 2 aromatic carbocycles. The quantitative estimate of drug-likeness (QED) is 0.495. The van der Waals surface area contributed by atoms with E-state index in [9.17, 15) is 4.79 Å². The molecule has 26 heavy (non-hydrogen) atoms. The van der Waals surface area contributed by atoms with E-state index in [1.54, 1.807) is 25.1 Å². The molecular weight excluding hydrogens is 374 g/mol. The maximum atomic E-state index is 12.3. The Morgan fingerprint density at radius 3 is 2.73 bits per heavy atom. The average Bonchev–Trinajstić information content (AvgIpc) is 2.95. The molecule has 0 spiro atoms. The van der Waals surface area contributed by atoms with E-state index in [4.69, 9.17) is 22.2 Å². The Labute approximate surface area is 159 Å². The first kappa shape index (κ1) is 18.1. The van der Waals surface area contributed by atoms with Crippen LogP contribution in [0.25, 0.3) is 0 Å². The van der Waals surface area contributed by atoms with Gasteiger partial charge in [-0.05, 0) is 37.3 Å². The number of thioether (sulfide) groups is 1. The van der Waals surface area contributed by atoms with E-state index in [2.05, 4.69) is 15.5 Å². The molecule has 3 aromatic rings. The molecule has 3 N–H and O–H groups in total. The number of ether oxygens (including phenoxy) is 1. The lowest BCUT2D eigenvalue weighted by atomic mass is 10.3. The highest BCUT2D eigenvalue weighted by atomic mass is 35.5. The molecule has 0 bridgehead atoms. The van der Waals surface area contributed by atoms with Gasteiger partial charge in [-0.3, -0.25) is 4.79 Å². The fraction of sp³-hybridized carbons (Fsp3) is 0.118. The molecular formula is C17H16ClN5O2S. The highest BCUT2D eigenvalue weighted by Gasteiger charge is 2.13. The van der Waals surface area contributed by atoms with Crippen molar-refractivity contribution in [2.24, 2.45) is 0 Å². The number of halogens is 1. The number of hydrogen-bond acceptors (Lipinski definition) is 6. The number of carbonyl (C=O) groups excluding carboxylic acids is 1. The second kappa shape index (κ2) is 8.11. The molecule has 1 amide bonds. The van der Waals surface area contributed by atoms with Crippen LogP contribution in [0.1, 0.15) is 5.82 Å². The SMILES string of the molecule is Cc1nnc(SCC(=O)Nc2cc(Cl)ccc2Oc2ccccc2)n1N. The van der Waals surface area contributed by atoms with Crippen LogP contribution in [-0.4, -0.2) is 26.5 Å². The number of rotatable bonds is 6. The van der Waals surface area contributed by atoms with Crippen LogP contribution < -0.4 is 15.9 Å². The number of nitrogen functional groups attached to an aromatic ring is 1. The molecule has 3 rings (SSSR count). The third kappa shape index (κ3) is 4.47. The number of nitrogens with zero attached hydrogens (tertiary/aromatic N) is 3. The molecule has 0 saturated heterocycles. The van der Waals surface area contributed by atoms with E-state index >= 15 is 0 Å². The van der Waals surface area contributed by atoms with Crippen LogP contribution in [-0.2, 0) is 4.79 Å².